The van der Waals surface area contributed by atoms with Gasteiger partial charge >= 0.3 is 0 Å². The molecule has 0 spiro atoms. The number of hydrogen-bond donors (Lipinski definition) is 0. The minimum atomic E-state index is -0.205. The number of terminal acetylenes is 1. The molecule has 0 amide bonds. The van der Waals surface area contributed by atoms with Gasteiger partial charge in [-0.05, 0) is 30.2 Å². The minimum absolute atomic E-state index is 0.205. The number of hydrogen-bond acceptors (Lipinski definition) is 0. The first-order chi connectivity index (χ1) is 5.24. The van der Waals surface area contributed by atoms with Gasteiger partial charge < -0.3 is 0 Å². The molecule has 11 heavy (non-hydrogen) atoms. The average molecular weight is 148 g/mol. The maximum atomic E-state index is 12.5. The molecule has 0 saturated carbocycles. The van der Waals surface area contributed by atoms with Gasteiger partial charge in [-0.3, -0.25) is 0 Å². The molecule has 0 radical (unpaired) electrons. The quantitative estimate of drug-likeness (QED) is 0.536. The molecular formula is C10H9F. The molecule has 56 valence electrons. The van der Waals surface area contributed by atoms with Crippen LogP contribution < -0.4 is 0 Å². The first-order valence-corrected chi connectivity index (χ1v) is 3.42. The largest absolute Gasteiger partial charge is 0.207 e. The van der Waals surface area contributed by atoms with Gasteiger partial charge in [0, 0.05) is 6.42 Å². The van der Waals surface area contributed by atoms with E-state index in [0.717, 1.165) is 11.1 Å². The van der Waals surface area contributed by atoms with Gasteiger partial charge in [-0.15, -0.1) is 12.3 Å². The molecule has 0 aliphatic heterocycles. The van der Waals surface area contributed by atoms with Crippen molar-refractivity contribution in [2.24, 2.45) is 0 Å². The first kappa shape index (κ1) is 7.81. The number of aryl methyl sites for hydroxylation is 1. The molecule has 0 aliphatic carbocycles. The van der Waals surface area contributed by atoms with Crippen LogP contribution in [0.2, 0.25) is 0 Å². The number of benzene rings is 1. The van der Waals surface area contributed by atoms with E-state index in [4.69, 9.17) is 6.42 Å². The van der Waals surface area contributed by atoms with Gasteiger partial charge in [-0.2, -0.15) is 0 Å². The summed E-state index contributed by atoms with van der Waals surface area (Å²) >= 11 is 0. The van der Waals surface area contributed by atoms with E-state index in [1.807, 2.05) is 6.92 Å². The maximum Gasteiger partial charge on any atom is 0.123 e. The Hall–Kier alpha value is -1.29. The summed E-state index contributed by atoms with van der Waals surface area (Å²) in [6, 6.07) is 4.65. The summed E-state index contributed by atoms with van der Waals surface area (Å²) in [4.78, 5) is 0. The molecule has 0 saturated heterocycles. The molecule has 0 nitrogen and oxygen atoms in total. The second-order valence-electron chi connectivity index (χ2n) is 2.45. The highest BCUT2D eigenvalue weighted by molar-refractivity contribution is 5.29. The summed E-state index contributed by atoms with van der Waals surface area (Å²) in [6.45, 7) is 1.86. The second-order valence-corrected chi connectivity index (χ2v) is 2.45. The molecule has 0 N–H and O–H groups in total. The third-order valence-corrected chi connectivity index (χ3v) is 1.60. The smallest absolute Gasteiger partial charge is 0.123 e. The Morgan fingerprint density at radius 3 is 2.82 bits per heavy atom. The van der Waals surface area contributed by atoms with Crippen LogP contribution in [0.25, 0.3) is 0 Å². The normalized spacial score (nSPS) is 9.18. The van der Waals surface area contributed by atoms with Crippen molar-refractivity contribution in [3.05, 3.63) is 35.1 Å². The zero-order valence-electron chi connectivity index (χ0n) is 6.39. The lowest BCUT2D eigenvalue weighted by molar-refractivity contribution is 0.626. The van der Waals surface area contributed by atoms with Crippen molar-refractivity contribution in [2.75, 3.05) is 0 Å². The molecule has 1 heteroatoms. The highest BCUT2D eigenvalue weighted by atomic mass is 19.1. The van der Waals surface area contributed by atoms with Gasteiger partial charge in [0.25, 0.3) is 0 Å². The summed E-state index contributed by atoms with van der Waals surface area (Å²) in [5.41, 5.74) is 1.94. The van der Waals surface area contributed by atoms with Gasteiger partial charge in [0.05, 0.1) is 0 Å². The van der Waals surface area contributed by atoms with Crippen molar-refractivity contribution >= 4 is 0 Å². The summed E-state index contributed by atoms with van der Waals surface area (Å²) < 4.78 is 12.5. The Morgan fingerprint density at radius 2 is 2.27 bits per heavy atom. The number of rotatable bonds is 1. The van der Waals surface area contributed by atoms with E-state index in [1.54, 1.807) is 6.07 Å². The van der Waals surface area contributed by atoms with Crippen LogP contribution >= 0.6 is 0 Å². The highest BCUT2D eigenvalue weighted by Crippen LogP contribution is 2.09. The zero-order chi connectivity index (χ0) is 8.27. The maximum absolute atomic E-state index is 12.5. The molecule has 0 bridgehead atoms. The van der Waals surface area contributed by atoms with Crippen molar-refractivity contribution in [2.45, 2.75) is 13.3 Å². The van der Waals surface area contributed by atoms with Gasteiger partial charge in [0.2, 0.25) is 0 Å². The topological polar surface area (TPSA) is 0 Å². The van der Waals surface area contributed by atoms with Gasteiger partial charge in [-0.25, -0.2) is 4.39 Å². The molecule has 0 heterocycles. The fraction of sp³-hybridized carbons (Fsp3) is 0.200. The monoisotopic (exact) mass is 148 g/mol. The summed E-state index contributed by atoms with van der Waals surface area (Å²) in [7, 11) is 0. The third kappa shape index (κ3) is 1.81. The molecule has 0 fully saturated rings. The Labute approximate surface area is 66.1 Å². The van der Waals surface area contributed by atoms with Crippen LogP contribution in [0.3, 0.4) is 0 Å². The summed E-state index contributed by atoms with van der Waals surface area (Å²) in [6.07, 6.45) is 5.70. The number of halogens is 1. The molecule has 0 unspecified atom stereocenters. The molecule has 0 atom stereocenters. The van der Waals surface area contributed by atoms with E-state index in [0.29, 0.717) is 6.42 Å². The van der Waals surface area contributed by atoms with Crippen LogP contribution in [0, 0.1) is 25.1 Å². The Morgan fingerprint density at radius 1 is 1.55 bits per heavy atom. The first-order valence-electron chi connectivity index (χ1n) is 3.42. The summed E-state index contributed by atoms with van der Waals surface area (Å²) in [5, 5.41) is 0. The lowest BCUT2D eigenvalue weighted by Crippen LogP contribution is -1.87. The minimum Gasteiger partial charge on any atom is -0.207 e. The second kappa shape index (κ2) is 3.21. The van der Waals surface area contributed by atoms with Crippen LogP contribution in [0.1, 0.15) is 11.1 Å². The van der Waals surface area contributed by atoms with E-state index in [9.17, 15) is 4.39 Å². The molecule has 1 aromatic rings. The predicted octanol–water partition coefficient (Wildman–Crippen LogP) is 2.31. The van der Waals surface area contributed by atoms with Gasteiger partial charge in [0.1, 0.15) is 5.82 Å². The third-order valence-electron chi connectivity index (χ3n) is 1.60. The van der Waals surface area contributed by atoms with E-state index >= 15 is 0 Å². The Bertz CT molecular complexity index is 294. The predicted molar refractivity (Wildman–Crippen MR) is 43.7 cm³/mol. The van der Waals surface area contributed by atoms with Gasteiger partial charge in [0.15, 0.2) is 0 Å². The standard InChI is InChI=1S/C10H9F/c1-3-4-9-5-6-10(11)7-8(9)2/h1,5-7H,4H2,2H3. The molecule has 1 aromatic carbocycles. The fourth-order valence-corrected chi connectivity index (χ4v) is 0.968. The highest BCUT2D eigenvalue weighted by Gasteiger charge is 1.96. The molecular weight excluding hydrogens is 139 g/mol. The Balaban J connectivity index is 3.01. The van der Waals surface area contributed by atoms with E-state index in [2.05, 4.69) is 5.92 Å². The van der Waals surface area contributed by atoms with Crippen LogP contribution in [-0.2, 0) is 6.42 Å². The van der Waals surface area contributed by atoms with E-state index in [-0.39, 0.29) is 5.82 Å². The lowest BCUT2D eigenvalue weighted by atomic mass is 10.1. The molecule has 0 aliphatic rings. The van der Waals surface area contributed by atoms with Crippen LogP contribution in [-0.4, -0.2) is 0 Å². The summed E-state index contributed by atoms with van der Waals surface area (Å²) in [5.74, 6) is 2.32. The fourth-order valence-electron chi connectivity index (χ4n) is 0.968. The van der Waals surface area contributed by atoms with Crippen molar-refractivity contribution in [1.29, 1.82) is 0 Å². The van der Waals surface area contributed by atoms with E-state index in [1.165, 1.54) is 12.1 Å². The molecule has 1 rings (SSSR count). The zero-order valence-corrected chi connectivity index (χ0v) is 6.39. The van der Waals surface area contributed by atoms with Crippen molar-refractivity contribution in [3.63, 3.8) is 0 Å². The van der Waals surface area contributed by atoms with Crippen molar-refractivity contribution < 1.29 is 4.39 Å². The lowest BCUT2D eigenvalue weighted by Gasteiger charge is -1.99. The SMILES string of the molecule is C#CCc1ccc(F)cc1C. The molecule has 0 aromatic heterocycles. The van der Waals surface area contributed by atoms with Gasteiger partial charge in [-0.1, -0.05) is 6.07 Å². The van der Waals surface area contributed by atoms with Crippen LogP contribution in [0.5, 0.6) is 0 Å². The van der Waals surface area contributed by atoms with Crippen LogP contribution in [0.15, 0.2) is 18.2 Å². The van der Waals surface area contributed by atoms with Crippen LogP contribution in [0.4, 0.5) is 4.39 Å². The van der Waals surface area contributed by atoms with E-state index < -0.39 is 0 Å². The van der Waals surface area contributed by atoms with Crippen molar-refractivity contribution in [1.82, 2.24) is 0 Å². The average Bonchev–Trinajstić information content (AvgIpc) is 1.95. The Kier molecular flexibility index (Phi) is 2.28. The van der Waals surface area contributed by atoms with Crippen molar-refractivity contribution in [3.8, 4) is 12.3 Å².